The quantitative estimate of drug-likeness (QED) is 0.769. The highest BCUT2D eigenvalue weighted by Crippen LogP contribution is 2.27. The molecule has 0 bridgehead atoms. The molecular weight excluding hydrogens is 218 g/mol. The summed E-state index contributed by atoms with van der Waals surface area (Å²) in [6, 6.07) is 7.43. The van der Waals surface area contributed by atoms with E-state index in [0.29, 0.717) is 13.1 Å². The molecule has 5 heteroatoms. The summed E-state index contributed by atoms with van der Waals surface area (Å²) in [6.45, 7) is 0.715. The van der Waals surface area contributed by atoms with Crippen molar-refractivity contribution in [3.8, 4) is 0 Å². The average Bonchev–Trinajstić information content (AvgIpc) is 2.71. The molecule has 1 heterocycles. The highest BCUT2D eigenvalue weighted by Gasteiger charge is 2.34. The van der Waals surface area contributed by atoms with E-state index in [-0.39, 0.29) is 12.3 Å². The van der Waals surface area contributed by atoms with Crippen LogP contribution in [0.3, 0.4) is 0 Å². The van der Waals surface area contributed by atoms with Crippen molar-refractivity contribution in [3.05, 3.63) is 29.8 Å². The SMILES string of the molecule is NCc1ccccc1N1CC(C(N)=O)CC1=O. The summed E-state index contributed by atoms with van der Waals surface area (Å²) in [4.78, 5) is 24.5. The van der Waals surface area contributed by atoms with Crippen LogP contribution in [0.4, 0.5) is 5.69 Å². The van der Waals surface area contributed by atoms with Crippen molar-refractivity contribution in [2.75, 3.05) is 11.4 Å². The van der Waals surface area contributed by atoms with Crippen molar-refractivity contribution in [3.63, 3.8) is 0 Å². The Balaban J connectivity index is 2.29. The molecule has 0 spiro atoms. The van der Waals surface area contributed by atoms with Gasteiger partial charge in [0.15, 0.2) is 0 Å². The number of nitrogens with two attached hydrogens (primary N) is 2. The minimum atomic E-state index is -0.425. The van der Waals surface area contributed by atoms with Gasteiger partial charge in [-0.3, -0.25) is 9.59 Å². The zero-order chi connectivity index (χ0) is 12.4. The second kappa shape index (κ2) is 4.55. The monoisotopic (exact) mass is 233 g/mol. The molecule has 0 aromatic heterocycles. The Hall–Kier alpha value is -1.88. The highest BCUT2D eigenvalue weighted by molar-refractivity contribution is 6.00. The van der Waals surface area contributed by atoms with Gasteiger partial charge in [-0.05, 0) is 11.6 Å². The number of hydrogen-bond donors (Lipinski definition) is 2. The zero-order valence-electron chi connectivity index (χ0n) is 9.43. The van der Waals surface area contributed by atoms with Crippen LogP contribution in [-0.2, 0) is 16.1 Å². The number of nitrogens with zero attached hydrogens (tertiary/aromatic N) is 1. The van der Waals surface area contributed by atoms with Gasteiger partial charge >= 0.3 is 0 Å². The molecule has 1 fully saturated rings. The number of rotatable bonds is 3. The van der Waals surface area contributed by atoms with E-state index >= 15 is 0 Å². The third-order valence-electron chi connectivity index (χ3n) is 3.03. The molecule has 1 atom stereocenters. The van der Waals surface area contributed by atoms with E-state index in [2.05, 4.69) is 0 Å². The Morgan fingerprint density at radius 1 is 1.41 bits per heavy atom. The molecule has 90 valence electrons. The second-order valence-electron chi connectivity index (χ2n) is 4.14. The molecule has 1 aliphatic rings. The third-order valence-corrected chi connectivity index (χ3v) is 3.03. The Labute approximate surface area is 99.4 Å². The molecule has 0 radical (unpaired) electrons. The van der Waals surface area contributed by atoms with E-state index in [1.54, 1.807) is 4.90 Å². The first kappa shape index (κ1) is 11.6. The number of anilines is 1. The van der Waals surface area contributed by atoms with E-state index < -0.39 is 11.8 Å². The fraction of sp³-hybridized carbons (Fsp3) is 0.333. The van der Waals surface area contributed by atoms with Gasteiger partial charge in [0.1, 0.15) is 0 Å². The van der Waals surface area contributed by atoms with E-state index in [4.69, 9.17) is 11.5 Å². The number of carbonyl (C=O) groups is 2. The van der Waals surface area contributed by atoms with Gasteiger partial charge in [0.25, 0.3) is 0 Å². The van der Waals surface area contributed by atoms with Crippen LogP contribution in [0, 0.1) is 5.92 Å². The van der Waals surface area contributed by atoms with Gasteiger partial charge in [-0.2, -0.15) is 0 Å². The maximum absolute atomic E-state index is 11.8. The molecule has 1 saturated heterocycles. The van der Waals surface area contributed by atoms with E-state index in [0.717, 1.165) is 11.3 Å². The van der Waals surface area contributed by atoms with Gasteiger partial charge in [0, 0.05) is 25.2 Å². The molecule has 1 aromatic rings. The van der Waals surface area contributed by atoms with Crippen LogP contribution in [-0.4, -0.2) is 18.4 Å². The Morgan fingerprint density at radius 2 is 2.12 bits per heavy atom. The number of hydrogen-bond acceptors (Lipinski definition) is 3. The Bertz CT molecular complexity index is 459. The van der Waals surface area contributed by atoms with E-state index in [1.165, 1.54) is 0 Å². The maximum Gasteiger partial charge on any atom is 0.227 e. The fourth-order valence-corrected chi connectivity index (χ4v) is 2.08. The Kier molecular flexibility index (Phi) is 3.10. The molecular formula is C12H15N3O2. The van der Waals surface area contributed by atoms with Gasteiger partial charge in [-0.25, -0.2) is 0 Å². The van der Waals surface area contributed by atoms with Crippen LogP contribution >= 0.6 is 0 Å². The summed E-state index contributed by atoms with van der Waals surface area (Å²) in [5.74, 6) is -0.894. The first-order chi connectivity index (χ1) is 8.13. The Morgan fingerprint density at radius 3 is 2.71 bits per heavy atom. The lowest BCUT2D eigenvalue weighted by molar-refractivity contribution is -0.123. The van der Waals surface area contributed by atoms with Crippen molar-refractivity contribution in [2.24, 2.45) is 17.4 Å². The smallest absolute Gasteiger partial charge is 0.227 e. The molecule has 1 unspecified atom stereocenters. The molecule has 5 nitrogen and oxygen atoms in total. The van der Waals surface area contributed by atoms with Crippen molar-refractivity contribution in [1.29, 1.82) is 0 Å². The van der Waals surface area contributed by atoms with Crippen LogP contribution in [0.2, 0.25) is 0 Å². The number of primary amides is 1. The zero-order valence-corrected chi connectivity index (χ0v) is 9.43. The minimum absolute atomic E-state index is 0.0744. The average molecular weight is 233 g/mol. The molecule has 0 saturated carbocycles. The third kappa shape index (κ3) is 2.14. The molecule has 0 aliphatic carbocycles. The summed E-state index contributed by atoms with van der Waals surface area (Å²) in [7, 11) is 0. The van der Waals surface area contributed by atoms with Gasteiger partial charge < -0.3 is 16.4 Å². The maximum atomic E-state index is 11.8. The van der Waals surface area contributed by atoms with Crippen molar-refractivity contribution in [1.82, 2.24) is 0 Å². The largest absolute Gasteiger partial charge is 0.369 e. The van der Waals surface area contributed by atoms with Crippen LogP contribution in [0.15, 0.2) is 24.3 Å². The lowest BCUT2D eigenvalue weighted by Gasteiger charge is -2.19. The molecule has 1 aromatic carbocycles. The second-order valence-corrected chi connectivity index (χ2v) is 4.14. The normalized spacial score (nSPS) is 19.7. The summed E-state index contributed by atoms with van der Waals surface area (Å²) in [5.41, 5.74) is 12.5. The first-order valence-electron chi connectivity index (χ1n) is 5.51. The molecule has 2 rings (SSSR count). The molecule has 4 N–H and O–H groups in total. The minimum Gasteiger partial charge on any atom is -0.369 e. The van der Waals surface area contributed by atoms with Gasteiger partial charge in [-0.15, -0.1) is 0 Å². The number of carbonyl (C=O) groups excluding carboxylic acids is 2. The summed E-state index contributed by atoms with van der Waals surface area (Å²) >= 11 is 0. The molecule has 2 amide bonds. The van der Waals surface area contributed by atoms with Crippen LogP contribution in [0.25, 0.3) is 0 Å². The predicted molar refractivity (Wildman–Crippen MR) is 64.0 cm³/mol. The fourth-order valence-electron chi connectivity index (χ4n) is 2.08. The van der Waals surface area contributed by atoms with Gasteiger partial charge in [0.05, 0.1) is 5.92 Å². The topological polar surface area (TPSA) is 89.4 Å². The van der Waals surface area contributed by atoms with E-state index in [9.17, 15) is 9.59 Å². The highest BCUT2D eigenvalue weighted by atomic mass is 16.2. The van der Waals surface area contributed by atoms with Gasteiger partial charge in [0.2, 0.25) is 11.8 Å². The lowest BCUT2D eigenvalue weighted by Crippen LogP contribution is -2.29. The standard InChI is InChI=1S/C12H15N3O2/c13-6-8-3-1-2-4-10(8)15-7-9(12(14)17)5-11(15)16/h1-4,9H,5-7,13H2,(H2,14,17). The summed E-state index contributed by atoms with van der Waals surface area (Å²) < 4.78 is 0. The van der Waals surface area contributed by atoms with Crippen molar-refractivity contribution >= 4 is 17.5 Å². The lowest BCUT2D eigenvalue weighted by atomic mass is 10.1. The first-order valence-corrected chi connectivity index (χ1v) is 5.51. The van der Waals surface area contributed by atoms with Crippen molar-refractivity contribution < 1.29 is 9.59 Å². The van der Waals surface area contributed by atoms with Crippen molar-refractivity contribution in [2.45, 2.75) is 13.0 Å². The van der Waals surface area contributed by atoms with Crippen LogP contribution < -0.4 is 16.4 Å². The number of benzene rings is 1. The number of amides is 2. The van der Waals surface area contributed by atoms with Crippen LogP contribution in [0.5, 0.6) is 0 Å². The summed E-state index contributed by atoms with van der Waals surface area (Å²) in [5, 5.41) is 0. The molecule has 1 aliphatic heterocycles. The molecule has 17 heavy (non-hydrogen) atoms. The summed E-state index contributed by atoms with van der Waals surface area (Å²) in [6.07, 6.45) is 0.189. The van der Waals surface area contributed by atoms with E-state index in [1.807, 2.05) is 24.3 Å². The van der Waals surface area contributed by atoms with Crippen LogP contribution in [0.1, 0.15) is 12.0 Å². The van der Waals surface area contributed by atoms with Gasteiger partial charge in [-0.1, -0.05) is 18.2 Å². The number of para-hydroxylation sites is 1. The predicted octanol–water partition coefficient (Wildman–Crippen LogP) is -0.0165.